The molecule has 1 aliphatic heterocycles. The first kappa shape index (κ1) is 16.3. The second-order valence-corrected chi connectivity index (χ2v) is 7.30. The van der Waals surface area contributed by atoms with Gasteiger partial charge < -0.3 is 14.6 Å². The summed E-state index contributed by atoms with van der Waals surface area (Å²) < 4.78 is 7.87. The van der Waals surface area contributed by atoms with E-state index in [-0.39, 0.29) is 18.1 Å². The van der Waals surface area contributed by atoms with Gasteiger partial charge in [0.25, 0.3) is 5.91 Å². The van der Waals surface area contributed by atoms with E-state index in [9.17, 15) is 4.79 Å². The number of nitrogens with zero attached hydrogens (tertiary/aromatic N) is 1. The highest BCUT2D eigenvalue weighted by Crippen LogP contribution is 2.20. The van der Waals surface area contributed by atoms with Gasteiger partial charge in [-0.3, -0.25) is 4.79 Å². The third-order valence-corrected chi connectivity index (χ3v) is 5.45. The summed E-state index contributed by atoms with van der Waals surface area (Å²) in [5.41, 5.74) is 2.91. The van der Waals surface area contributed by atoms with Gasteiger partial charge in [0.05, 0.1) is 24.3 Å². The summed E-state index contributed by atoms with van der Waals surface area (Å²) in [5, 5.41) is 5.19. The van der Waals surface area contributed by atoms with Crippen LogP contribution in [0, 0.1) is 13.8 Å². The number of carbonyl (C=O) groups excluding carboxylic acids is 1. The van der Waals surface area contributed by atoms with E-state index < -0.39 is 0 Å². The molecule has 2 aromatic heterocycles. The molecule has 0 unspecified atom stereocenters. The summed E-state index contributed by atoms with van der Waals surface area (Å²) in [7, 11) is 0. The van der Waals surface area contributed by atoms with Crippen LogP contribution in [-0.4, -0.2) is 29.2 Å². The second-order valence-electron chi connectivity index (χ2n) is 6.26. The molecule has 1 N–H and O–H groups in total. The molecule has 1 saturated heterocycles. The molecule has 3 rings (SSSR count). The molecule has 0 radical (unpaired) electrons. The fraction of sp³-hybridized carbons (Fsp3) is 0.500. The van der Waals surface area contributed by atoms with Crippen molar-refractivity contribution in [3.8, 4) is 0 Å². The molecule has 0 aromatic carbocycles. The van der Waals surface area contributed by atoms with Gasteiger partial charge in [-0.05, 0) is 51.1 Å². The van der Waals surface area contributed by atoms with Gasteiger partial charge in [-0.1, -0.05) is 6.07 Å². The van der Waals surface area contributed by atoms with Crippen LogP contribution in [-0.2, 0) is 11.3 Å². The van der Waals surface area contributed by atoms with Crippen molar-refractivity contribution in [3.05, 3.63) is 45.4 Å². The van der Waals surface area contributed by atoms with Crippen molar-refractivity contribution in [2.24, 2.45) is 0 Å². The van der Waals surface area contributed by atoms with Crippen LogP contribution in [0.1, 0.15) is 46.4 Å². The van der Waals surface area contributed by atoms with E-state index in [0.717, 1.165) is 42.9 Å². The second kappa shape index (κ2) is 6.89. The minimum atomic E-state index is -0.00136. The van der Waals surface area contributed by atoms with Crippen molar-refractivity contribution in [3.63, 3.8) is 0 Å². The van der Waals surface area contributed by atoms with Crippen molar-refractivity contribution < 1.29 is 9.53 Å². The smallest absolute Gasteiger partial charge is 0.253 e. The van der Waals surface area contributed by atoms with Crippen LogP contribution < -0.4 is 5.32 Å². The predicted octanol–water partition coefficient (Wildman–Crippen LogP) is 3.51. The normalized spacial score (nSPS) is 19.0. The third-order valence-electron chi connectivity index (χ3n) is 4.59. The summed E-state index contributed by atoms with van der Waals surface area (Å²) in [4.78, 5) is 13.9. The van der Waals surface area contributed by atoms with Gasteiger partial charge in [-0.2, -0.15) is 0 Å². The lowest BCUT2D eigenvalue weighted by molar-refractivity contribution is 0.0712. The van der Waals surface area contributed by atoms with E-state index in [0.29, 0.717) is 0 Å². The van der Waals surface area contributed by atoms with Gasteiger partial charge in [0.2, 0.25) is 0 Å². The standard InChI is InChI=1S/C18H24N2O2S/c1-12-10-16(14(3)20(12)11-15-6-5-9-23-15)18(21)19-13(2)17-7-4-8-22-17/h5-6,9-10,13,17H,4,7-8,11H2,1-3H3,(H,19,21)/t13-,17+/m1/s1. The number of hydrogen-bond donors (Lipinski definition) is 1. The summed E-state index contributed by atoms with van der Waals surface area (Å²) in [5.74, 6) is -0.00136. The maximum absolute atomic E-state index is 12.6. The first-order valence-corrected chi connectivity index (χ1v) is 9.06. The molecule has 124 valence electrons. The number of ether oxygens (including phenoxy) is 1. The number of amides is 1. The Balaban J connectivity index is 1.73. The van der Waals surface area contributed by atoms with Crippen molar-refractivity contribution in [2.75, 3.05) is 6.61 Å². The van der Waals surface area contributed by atoms with E-state index in [2.05, 4.69) is 34.3 Å². The highest BCUT2D eigenvalue weighted by atomic mass is 32.1. The summed E-state index contributed by atoms with van der Waals surface area (Å²) in [6.45, 7) is 7.73. The van der Waals surface area contributed by atoms with Crippen molar-refractivity contribution in [2.45, 2.75) is 52.3 Å². The van der Waals surface area contributed by atoms with Crippen LogP contribution in [0.25, 0.3) is 0 Å². The van der Waals surface area contributed by atoms with Crippen LogP contribution in [0.5, 0.6) is 0 Å². The lowest BCUT2D eigenvalue weighted by atomic mass is 10.1. The Bertz CT molecular complexity index is 670. The van der Waals surface area contributed by atoms with E-state index in [4.69, 9.17) is 4.74 Å². The Labute approximate surface area is 141 Å². The van der Waals surface area contributed by atoms with Crippen LogP contribution in [0.15, 0.2) is 23.6 Å². The Kier molecular flexibility index (Phi) is 4.87. The molecule has 1 aliphatic rings. The zero-order chi connectivity index (χ0) is 16.4. The molecule has 3 heterocycles. The van der Waals surface area contributed by atoms with Crippen LogP contribution in [0.2, 0.25) is 0 Å². The average Bonchev–Trinajstić information content (AvgIpc) is 3.25. The Morgan fingerprint density at radius 1 is 1.52 bits per heavy atom. The van der Waals surface area contributed by atoms with Gasteiger partial charge in [-0.25, -0.2) is 0 Å². The molecule has 5 heteroatoms. The van der Waals surface area contributed by atoms with Crippen molar-refractivity contribution in [1.82, 2.24) is 9.88 Å². The third kappa shape index (κ3) is 3.51. The maximum atomic E-state index is 12.6. The van der Waals surface area contributed by atoms with Crippen molar-refractivity contribution >= 4 is 17.2 Å². The van der Waals surface area contributed by atoms with Crippen molar-refractivity contribution in [1.29, 1.82) is 0 Å². The van der Waals surface area contributed by atoms with E-state index in [1.807, 2.05) is 19.9 Å². The van der Waals surface area contributed by atoms with Gasteiger partial charge in [0.15, 0.2) is 0 Å². The average molecular weight is 332 g/mol. The largest absolute Gasteiger partial charge is 0.376 e. The number of carbonyl (C=O) groups is 1. The number of aromatic nitrogens is 1. The summed E-state index contributed by atoms with van der Waals surface area (Å²) in [6.07, 6.45) is 2.26. The lowest BCUT2D eigenvalue weighted by Crippen LogP contribution is -2.41. The first-order valence-electron chi connectivity index (χ1n) is 8.18. The van der Waals surface area contributed by atoms with Gasteiger partial charge in [0, 0.05) is 22.9 Å². The Hall–Kier alpha value is -1.59. The molecular weight excluding hydrogens is 308 g/mol. The summed E-state index contributed by atoms with van der Waals surface area (Å²) in [6, 6.07) is 6.22. The molecule has 1 fully saturated rings. The molecular formula is C18H24N2O2S. The quantitative estimate of drug-likeness (QED) is 0.910. The number of nitrogens with one attached hydrogen (secondary N) is 1. The molecule has 0 spiro atoms. The van der Waals surface area contributed by atoms with Gasteiger partial charge in [0.1, 0.15) is 0 Å². The fourth-order valence-electron chi connectivity index (χ4n) is 3.21. The van der Waals surface area contributed by atoms with E-state index in [1.54, 1.807) is 11.3 Å². The van der Waals surface area contributed by atoms with Crippen LogP contribution >= 0.6 is 11.3 Å². The first-order chi connectivity index (χ1) is 11.1. The zero-order valence-corrected chi connectivity index (χ0v) is 14.8. The monoisotopic (exact) mass is 332 g/mol. The Morgan fingerprint density at radius 2 is 2.35 bits per heavy atom. The molecule has 0 aliphatic carbocycles. The zero-order valence-electron chi connectivity index (χ0n) is 14.0. The van der Waals surface area contributed by atoms with Gasteiger partial charge in [-0.15, -0.1) is 11.3 Å². The minimum Gasteiger partial charge on any atom is -0.376 e. The van der Waals surface area contributed by atoms with E-state index in [1.165, 1.54) is 4.88 Å². The molecule has 0 bridgehead atoms. The highest BCUT2D eigenvalue weighted by Gasteiger charge is 2.25. The number of rotatable bonds is 5. The number of thiophene rings is 1. The molecule has 1 amide bonds. The molecule has 23 heavy (non-hydrogen) atoms. The highest BCUT2D eigenvalue weighted by molar-refractivity contribution is 7.09. The molecule has 4 nitrogen and oxygen atoms in total. The SMILES string of the molecule is Cc1cc(C(=O)N[C@H](C)[C@@H]2CCCO2)c(C)n1Cc1cccs1. The summed E-state index contributed by atoms with van der Waals surface area (Å²) >= 11 is 1.74. The lowest BCUT2D eigenvalue weighted by Gasteiger charge is -2.20. The number of hydrogen-bond acceptors (Lipinski definition) is 3. The maximum Gasteiger partial charge on any atom is 0.253 e. The molecule has 2 aromatic rings. The molecule has 2 atom stereocenters. The van der Waals surface area contributed by atoms with Crippen LogP contribution in [0.3, 0.4) is 0 Å². The van der Waals surface area contributed by atoms with E-state index >= 15 is 0 Å². The molecule has 0 saturated carbocycles. The predicted molar refractivity (Wildman–Crippen MR) is 93.2 cm³/mol. The Morgan fingerprint density at radius 3 is 3.00 bits per heavy atom. The fourth-order valence-corrected chi connectivity index (χ4v) is 3.90. The van der Waals surface area contributed by atoms with Crippen LogP contribution in [0.4, 0.5) is 0 Å². The topological polar surface area (TPSA) is 43.3 Å². The number of aryl methyl sites for hydroxylation is 1. The van der Waals surface area contributed by atoms with Gasteiger partial charge >= 0.3 is 0 Å². The minimum absolute atomic E-state index is 0.00136.